The molecule has 1 aromatic carbocycles. The lowest BCUT2D eigenvalue weighted by molar-refractivity contribution is -0.142. The maximum atomic E-state index is 13.9. The first-order valence-electron chi connectivity index (χ1n) is 15.1. The number of amides is 4. The van der Waals surface area contributed by atoms with Gasteiger partial charge >= 0.3 is 6.03 Å². The van der Waals surface area contributed by atoms with Crippen LogP contribution in [-0.2, 0) is 14.4 Å². The van der Waals surface area contributed by atoms with Crippen LogP contribution in [0, 0.1) is 23.7 Å². The van der Waals surface area contributed by atoms with Gasteiger partial charge in [-0.3, -0.25) is 19.2 Å². The molecule has 0 radical (unpaired) electrons. The smallest absolute Gasteiger partial charge is 0.316 e. The minimum Gasteiger partial charge on any atom is -0.344 e. The van der Waals surface area contributed by atoms with Gasteiger partial charge in [0.1, 0.15) is 12.1 Å². The van der Waals surface area contributed by atoms with Gasteiger partial charge in [0.25, 0.3) is 0 Å². The van der Waals surface area contributed by atoms with E-state index in [2.05, 4.69) is 21.9 Å². The van der Waals surface area contributed by atoms with E-state index >= 15 is 0 Å². The van der Waals surface area contributed by atoms with Crippen LogP contribution in [0.3, 0.4) is 0 Å². The number of carbonyl (C=O) groups is 5. The summed E-state index contributed by atoms with van der Waals surface area (Å²) in [5, 5.41) is 8.55. The highest BCUT2D eigenvalue weighted by molar-refractivity contribution is 6.02. The molecule has 1 saturated heterocycles. The molecule has 228 valence electrons. The Hall–Kier alpha value is -3.67. The zero-order valence-electron chi connectivity index (χ0n) is 25.4. The Bertz CT molecular complexity index is 1160. The van der Waals surface area contributed by atoms with E-state index in [-0.39, 0.29) is 23.4 Å². The highest BCUT2D eigenvalue weighted by Gasteiger charge is 2.43. The van der Waals surface area contributed by atoms with Crippen molar-refractivity contribution >= 4 is 29.4 Å². The number of carbonyl (C=O) groups excluding carboxylic acids is 5. The topological polar surface area (TPSA) is 125 Å². The van der Waals surface area contributed by atoms with Crippen molar-refractivity contribution in [1.82, 2.24) is 20.9 Å². The number of likely N-dealkylation sites (tertiary alicyclic amines) is 1. The number of hydrogen-bond acceptors (Lipinski definition) is 5. The molecule has 42 heavy (non-hydrogen) atoms. The Morgan fingerprint density at radius 1 is 0.952 bits per heavy atom. The number of nitrogens with one attached hydrogen (secondary N) is 3. The Morgan fingerprint density at radius 2 is 1.62 bits per heavy atom. The summed E-state index contributed by atoms with van der Waals surface area (Å²) < 4.78 is 0. The summed E-state index contributed by atoms with van der Waals surface area (Å²) in [5.41, 5.74) is -0.148. The van der Waals surface area contributed by atoms with E-state index < -0.39 is 41.5 Å². The molecule has 3 rings (SSSR count). The number of ketones is 2. The zero-order chi connectivity index (χ0) is 30.9. The van der Waals surface area contributed by atoms with Gasteiger partial charge in [0.2, 0.25) is 11.8 Å². The van der Waals surface area contributed by atoms with E-state index in [0.717, 1.165) is 32.1 Å². The molecule has 9 heteroatoms. The average molecular weight is 579 g/mol. The van der Waals surface area contributed by atoms with Gasteiger partial charge in [-0.2, -0.15) is 0 Å². The van der Waals surface area contributed by atoms with E-state index in [0.29, 0.717) is 37.8 Å². The first-order chi connectivity index (χ1) is 19.9. The van der Waals surface area contributed by atoms with Crippen molar-refractivity contribution in [2.24, 2.45) is 11.3 Å². The van der Waals surface area contributed by atoms with Gasteiger partial charge < -0.3 is 20.9 Å². The minimum absolute atomic E-state index is 0.0105. The zero-order valence-corrected chi connectivity index (χ0v) is 25.4. The second-order valence-corrected chi connectivity index (χ2v) is 12.6. The average Bonchev–Trinajstić information content (AvgIpc) is 3.46. The Balaban J connectivity index is 1.76. The van der Waals surface area contributed by atoms with Crippen molar-refractivity contribution in [1.29, 1.82) is 0 Å². The summed E-state index contributed by atoms with van der Waals surface area (Å²) in [6, 6.07) is 5.23. The van der Waals surface area contributed by atoms with Crippen molar-refractivity contribution in [2.45, 2.75) is 110 Å². The van der Waals surface area contributed by atoms with Crippen molar-refractivity contribution in [2.75, 3.05) is 6.54 Å². The third-order valence-electron chi connectivity index (χ3n) is 8.36. The maximum Gasteiger partial charge on any atom is 0.316 e. The molecule has 4 amide bonds. The molecular formula is C33H46N4O5. The predicted molar refractivity (Wildman–Crippen MR) is 161 cm³/mol. The minimum atomic E-state index is -0.949. The van der Waals surface area contributed by atoms with Crippen LogP contribution in [0.4, 0.5) is 4.79 Å². The van der Waals surface area contributed by atoms with Crippen LogP contribution in [0.5, 0.6) is 0 Å². The first-order valence-corrected chi connectivity index (χ1v) is 15.1. The summed E-state index contributed by atoms with van der Waals surface area (Å²) in [6.07, 6.45) is 11.9. The van der Waals surface area contributed by atoms with Gasteiger partial charge in [-0.15, -0.1) is 12.3 Å². The summed E-state index contributed by atoms with van der Waals surface area (Å²) in [5.74, 6) is 1.39. The van der Waals surface area contributed by atoms with Crippen molar-refractivity contribution in [3.8, 4) is 12.3 Å². The van der Waals surface area contributed by atoms with Gasteiger partial charge in [-0.05, 0) is 50.4 Å². The highest BCUT2D eigenvalue weighted by Crippen LogP contribution is 2.29. The number of hydrogen-bond donors (Lipinski definition) is 3. The second kappa shape index (κ2) is 15.0. The number of urea groups is 1. The highest BCUT2D eigenvalue weighted by atomic mass is 16.2. The number of Topliss-reactive ketones (excluding diaryl/α,β-unsaturated/α-hetero) is 2. The van der Waals surface area contributed by atoms with Crippen LogP contribution < -0.4 is 16.0 Å². The molecule has 1 saturated carbocycles. The molecule has 2 aliphatic rings. The molecule has 1 heterocycles. The van der Waals surface area contributed by atoms with E-state index in [1.165, 1.54) is 11.8 Å². The van der Waals surface area contributed by atoms with Crippen LogP contribution in [0.1, 0.15) is 95.8 Å². The number of nitrogens with zero attached hydrogens (tertiary/aromatic N) is 1. The first kappa shape index (κ1) is 32.8. The molecule has 3 N–H and O–H groups in total. The van der Waals surface area contributed by atoms with Gasteiger partial charge in [0, 0.05) is 18.5 Å². The van der Waals surface area contributed by atoms with Crippen LogP contribution in [0.25, 0.3) is 0 Å². The molecule has 2 fully saturated rings. The van der Waals surface area contributed by atoms with Crippen LogP contribution in [0.15, 0.2) is 30.3 Å². The van der Waals surface area contributed by atoms with Crippen molar-refractivity contribution < 1.29 is 24.0 Å². The molecular weight excluding hydrogens is 532 g/mol. The molecule has 1 aliphatic carbocycles. The molecule has 0 aromatic heterocycles. The van der Waals surface area contributed by atoms with Crippen LogP contribution in [-0.4, -0.2) is 65.0 Å². The Kier molecular flexibility index (Phi) is 11.7. The van der Waals surface area contributed by atoms with Gasteiger partial charge in [-0.1, -0.05) is 70.4 Å². The molecule has 4 atom stereocenters. The molecule has 4 unspecified atom stereocenters. The largest absolute Gasteiger partial charge is 0.344 e. The summed E-state index contributed by atoms with van der Waals surface area (Å²) in [6.45, 7) is 7.31. The van der Waals surface area contributed by atoms with E-state index in [1.54, 1.807) is 24.3 Å². The number of terminal acetylenes is 1. The van der Waals surface area contributed by atoms with Crippen LogP contribution >= 0.6 is 0 Å². The maximum absolute atomic E-state index is 13.9. The summed E-state index contributed by atoms with van der Waals surface area (Å²) in [4.78, 5) is 67.7. The van der Waals surface area contributed by atoms with E-state index in [9.17, 15) is 24.0 Å². The fourth-order valence-electron chi connectivity index (χ4n) is 5.95. The lowest BCUT2D eigenvalue weighted by atomic mass is 9.81. The molecule has 0 spiro atoms. The van der Waals surface area contributed by atoms with E-state index in [1.807, 2.05) is 26.8 Å². The predicted octanol–water partition coefficient (Wildman–Crippen LogP) is 4.01. The van der Waals surface area contributed by atoms with Gasteiger partial charge in [0.05, 0.1) is 12.1 Å². The van der Waals surface area contributed by atoms with Gasteiger partial charge in [-0.25, -0.2) is 4.79 Å². The molecule has 9 nitrogen and oxygen atoms in total. The summed E-state index contributed by atoms with van der Waals surface area (Å²) >= 11 is 0. The lowest BCUT2D eigenvalue weighted by Gasteiger charge is -2.36. The Labute approximate surface area is 249 Å². The summed E-state index contributed by atoms with van der Waals surface area (Å²) in [7, 11) is 0. The quantitative estimate of drug-likeness (QED) is 0.270. The van der Waals surface area contributed by atoms with Gasteiger partial charge in [0.15, 0.2) is 11.6 Å². The fraction of sp³-hybridized carbons (Fsp3) is 0.606. The van der Waals surface area contributed by atoms with Crippen molar-refractivity contribution in [3.05, 3.63) is 35.9 Å². The van der Waals surface area contributed by atoms with E-state index in [4.69, 9.17) is 6.42 Å². The molecule has 1 aromatic rings. The van der Waals surface area contributed by atoms with Crippen molar-refractivity contribution in [3.63, 3.8) is 0 Å². The molecule has 0 bridgehead atoms. The van der Waals surface area contributed by atoms with Crippen LogP contribution in [0.2, 0.25) is 0 Å². The fourth-order valence-corrected chi connectivity index (χ4v) is 5.95. The lowest BCUT2D eigenvalue weighted by Crippen LogP contribution is -2.61. The third kappa shape index (κ3) is 8.67. The number of benzene rings is 1. The monoisotopic (exact) mass is 578 g/mol. The number of rotatable bonds is 11. The standard InChI is InChI=1S/C33H46N4O5/c1-6-7-19-25(22(2)38)34-30(40)26-20-14-21-37(26)31(41)29(33(3,4)5)36-32(42)35-27(23-15-10-8-11-16-23)28(39)24-17-12-9-13-18-24/h1,9,12-13,17-18,23,25-27,29H,7-8,10-11,14-16,19-21H2,2-5H3,(H,34,40)(H2,35,36,42). The second-order valence-electron chi connectivity index (χ2n) is 12.6. The SMILES string of the molecule is C#CCCC(NC(=O)C1CCCN1C(=O)C(NC(=O)NC(C(=O)c1ccccc1)C1CCCCC1)C(C)(C)C)C(C)=O. The third-order valence-corrected chi connectivity index (χ3v) is 8.36. The Morgan fingerprint density at radius 3 is 2.21 bits per heavy atom. The normalized spacial score (nSPS) is 19.6. The molecule has 1 aliphatic heterocycles.